The van der Waals surface area contributed by atoms with E-state index in [0.717, 1.165) is 43.0 Å². The Morgan fingerprint density at radius 1 is 1.00 bits per heavy atom. The van der Waals surface area contributed by atoms with Gasteiger partial charge in [0.2, 0.25) is 5.91 Å². The summed E-state index contributed by atoms with van der Waals surface area (Å²) in [5, 5.41) is 2.90. The number of pyridine rings is 1. The molecule has 3 heterocycles. The molecule has 0 bridgehead atoms. The van der Waals surface area contributed by atoms with Crippen LogP contribution in [0.1, 0.15) is 41.9 Å². The molecule has 212 valence electrons. The number of benzene rings is 2. The van der Waals surface area contributed by atoms with Crippen LogP contribution in [0.2, 0.25) is 0 Å². The molecule has 0 saturated carbocycles. The van der Waals surface area contributed by atoms with Gasteiger partial charge in [0.25, 0.3) is 5.91 Å². The Kier molecular flexibility index (Phi) is 8.39. The first-order valence-corrected chi connectivity index (χ1v) is 14.1. The van der Waals surface area contributed by atoms with Crippen LogP contribution in [0.3, 0.4) is 0 Å². The summed E-state index contributed by atoms with van der Waals surface area (Å²) in [6.45, 7) is 8.39. The normalized spacial score (nSPS) is 18.1. The molecule has 8 heteroatoms. The van der Waals surface area contributed by atoms with E-state index in [1.807, 2.05) is 48.5 Å². The van der Waals surface area contributed by atoms with Gasteiger partial charge >= 0.3 is 0 Å². The molecule has 41 heavy (non-hydrogen) atoms. The maximum Gasteiger partial charge on any atom is 0.270 e. The van der Waals surface area contributed by atoms with Gasteiger partial charge in [-0.2, -0.15) is 0 Å². The summed E-state index contributed by atoms with van der Waals surface area (Å²) in [5.74, 6) is 7.39. The minimum atomic E-state index is -0.675. The van der Waals surface area contributed by atoms with E-state index in [-0.39, 0.29) is 17.1 Å². The van der Waals surface area contributed by atoms with Crippen LogP contribution in [-0.2, 0) is 11.2 Å². The van der Waals surface area contributed by atoms with Gasteiger partial charge in [-0.1, -0.05) is 36.1 Å². The summed E-state index contributed by atoms with van der Waals surface area (Å²) < 4.78 is 5.84. The zero-order valence-corrected chi connectivity index (χ0v) is 24.2. The molecule has 2 amide bonds. The van der Waals surface area contributed by atoms with Gasteiger partial charge in [-0.15, -0.1) is 0 Å². The Morgan fingerprint density at radius 2 is 1.76 bits per heavy atom. The summed E-state index contributed by atoms with van der Waals surface area (Å²) in [6.07, 6.45) is 2.67. The lowest BCUT2D eigenvalue weighted by atomic mass is 10.0. The minimum absolute atomic E-state index is 0.170. The van der Waals surface area contributed by atoms with Crippen LogP contribution in [0.25, 0.3) is 0 Å². The van der Waals surface area contributed by atoms with E-state index in [2.05, 4.69) is 52.8 Å². The molecule has 2 aliphatic rings. The number of carbonyl (C=O) groups excluding carboxylic acids is 2. The fraction of sp³-hybridized carbons (Fsp3) is 0.364. The van der Waals surface area contributed by atoms with Crippen LogP contribution < -0.4 is 15.0 Å². The first kappa shape index (κ1) is 28.3. The molecule has 1 N–H and O–H groups in total. The topological polar surface area (TPSA) is 78.0 Å². The van der Waals surface area contributed by atoms with E-state index in [1.165, 1.54) is 6.20 Å². The number of nitrogens with one attached hydrogen (secondary N) is 1. The largest absolute Gasteiger partial charge is 0.457 e. The van der Waals surface area contributed by atoms with Crippen molar-refractivity contribution in [3.8, 4) is 23.3 Å². The second-order valence-corrected chi connectivity index (χ2v) is 11.2. The molecule has 1 saturated heterocycles. The SMILES string of the molecule is CN1CCN(C(C)(C)C#Cc2ccc3c(c2)N(C)C(=O)[C@H](NC(=O)c2cc(Oc4ccccc4)ccn2)CC3)CC1. The second-order valence-electron chi connectivity index (χ2n) is 11.2. The molecule has 2 aromatic carbocycles. The van der Waals surface area contributed by atoms with Crippen molar-refractivity contribution in [1.82, 2.24) is 20.1 Å². The second kappa shape index (κ2) is 12.1. The highest BCUT2D eigenvalue weighted by Crippen LogP contribution is 2.28. The van der Waals surface area contributed by atoms with Crippen molar-refractivity contribution in [3.63, 3.8) is 0 Å². The number of aryl methyl sites for hydroxylation is 1. The number of nitrogens with zero attached hydrogens (tertiary/aromatic N) is 4. The van der Waals surface area contributed by atoms with Gasteiger partial charge < -0.3 is 19.9 Å². The average molecular weight is 552 g/mol. The van der Waals surface area contributed by atoms with Gasteiger partial charge in [-0.05, 0) is 69.6 Å². The number of piperazine rings is 1. The Hall–Kier alpha value is -4.19. The standard InChI is InChI=1S/C33H37N5O3/c1-33(2,38-20-18-36(3)19-21-38)16-14-24-10-11-25-12-13-28(32(40)37(4)30(25)22-24)35-31(39)29-23-27(15-17-34-29)41-26-8-6-5-7-9-26/h5-11,15,17,22-23,28H,12-13,18-21H2,1-4H3,(H,35,39)/t28-/m1/s1. The maximum absolute atomic E-state index is 13.5. The number of anilines is 1. The molecule has 0 spiro atoms. The smallest absolute Gasteiger partial charge is 0.270 e. The van der Waals surface area contributed by atoms with Crippen LogP contribution in [0.15, 0.2) is 66.9 Å². The van der Waals surface area contributed by atoms with Crippen LogP contribution in [0.5, 0.6) is 11.5 Å². The summed E-state index contributed by atoms with van der Waals surface area (Å²) in [7, 11) is 3.90. The number of likely N-dealkylation sites (N-methyl/N-ethyl adjacent to an activating group) is 2. The molecule has 0 aliphatic carbocycles. The molecule has 1 atom stereocenters. The zero-order valence-electron chi connectivity index (χ0n) is 24.2. The van der Waals surface area contributed by atoms with Crippen LogP contribution in [-0.4, -0.2) is 78.5 Å². The number of fused-ring (bicyclic) bond motifs is 1. The molecule has 8 nitrogen and oxygen atoms in total. The maximum atomic E-state index is 13.5. The Labute approximate surface area is 242 Å². The summed E-state index contributed by atoms with van der Waals surface area (Å²) >= 11 is 0. The highest BCUT2D eigenvalue weighted by molar-refractivity contribution is 6.02. The molecule has 1 aromatic heterocycles. The van der Waals surface area contributed by atoms with E-state index in [4.69, 9.17) is 4.74 Å². The Bertz CT molecular complexity index is 1470. The third-order valence-electron chi connectivity index (χ3n) is 7.83. The number of hydrogen-bond acceptors (Lipinski definition) is 6. The van der Waals surface area contributed by atoms with Crippen LogP contribution >= 0.6 is 0 Å². The fourth-order valence-electron chi connectivity index (χ4n) is 5.20. The Balaban J connectivity index is 1.27. The number of para-hydroxylation sites is 1. The van der Waals surface area contributed by atoms with Crippen molar-refractivity contribution in [2.75, 3.05) is 45.2 Å². The van der Waals surface area contributed by atoms with E-state index >= 15 is 0 Å². The number of aromatic nitrogens is 1. The van der Waals surface area contributed by atoms with E-state index in [1.54, 1.807) is 24.1 Å². The number of carbonyl (C=O) groups is 2. The van der Waals surface area contributed by atoms with Gasteiger partial charge in [0.15, 0.2) is 0 Å². The lowest BCUT2D eigenvalue weighted by Crippen LogP contribution is -2.53. The molecule has 2 aliphatic heterocycles. The predicted molar refractivity (Wildman–Crippen MR) is 160 cm³/mol. The quantitative estimate of drug-likeness (QED) is 0.484. The van der Waals surface area contributed by atoms with Crippen molar-refractivity contribution in [2.45, 2.75) is 38.3 Å². The number of rotatable bonds is 5. The van der Waals surface area contributed by atoms with Crippen molar-refractivity contribution >= 4 is 17.5 Å². The van der Waals surface area contributed by atoms with Crippen molar-refractivity contribution in [2.24, 2.45) is 0 Å². The van der Waals surface area contributed by atoms with E-state index in [9.17, 15) is 9.59 Å². The van der Waals surface area contributed by atoms with Gasteiger partial charge in [0.1, 0.15) is 23.2 Å². The number of ether oxygens (including phenoxy) is 1. The zero-order chi connectivity index (χ0) is 29.0. The summed E-state index contributed by atoms with van der Waals surface area (Å²) in [4.78, 5) is 37.2. The lowest BCUT2D eigenvalue weighted by molar-refractivity contribution is -0.120. The van der Waals surface area contributed by atoms with Crippen molar-refractivity contribution < 1.29 is 14.3 Å². The third-order valence-corrected chi connectivity index (χ3v) is 7.83. The van der Waals surface area contributed by atoms with E-state index in [0.29, 0.717) is 24.3 Å². The molecular weight excluding hydrogens is 514 g/mol. The predicted octanol–water partition coefficient (Wildman–Crippen LogP) is 3.96. The highest BCUT2D eigenvalue weighted by atomic mass is 16.5. The molecule has 0 radical (unpaired) electrons. The van der Waals surface area contributed by atoms with Gasteiger partial charge in [0, 0.05) is 56.7 Å². The highest BCUT2D eigenvalue weighted by Gasteiger charge is 2.30. The van der Waals surface area contributed by atoms with Gasteiger partial charge in [0.05, 0.1) is 5.54 Å². The fourth-order valence-corrected chi connectivity index (χ4v) is 5.20. The van der Waals surface area contributed by atoms with Crippen LogP contribution in [0, 0.1) is 11.8 Å². The van der Waals surface area contributed by atoms with E-state index < -0.39 is 11.9 Å². The van der Waals surface area contributed by atoms with Gasteiger partial charge in [-0.3, -0.25) is 19.5 Å². The molecule has 3 aromatic rings. The lowest BCUT2D eigenvalue weighted by Gasteiger charge is -2.40. The summed E-state index contributed by atoms with van der Waals surface area (Å²) in [6, 6.07) is 18.0. The third kappa shape index (κ3) is 6.76. The van der Waals surface area contributed by atoms with Crippen LogP contribution in [0.4, 0.5) is 5.69 Å². The molecule has 5 rings (SSSR count). The first-order chi connectivity index (χ1) is 19.7. The summed E-state index contributed by atoms with van der Waals surface area (Å²) in [5.41, 5.74) is 2.69. The molecule has 0 unspecified atom stereocenters. The van der Waals surface area contributed by atoms with Gasteiger partial charge in [-0.25, -0.2) is 0 Å². The number of hydrogen-bond donors (Lipinski definition) is 1. The molecular formula is C33H37N5O3. The monoisotopic (exact) mass is 551 g/mol. The minimum Gasteiger partial charge on any atom is -0.457 e. The molecule has 1 fully saturated rings. The average Bonchev–Trinajstić information content (AvgIpc) is 3.09. The first-order valence-electron chi connectivity index (χ1n) is 14.1. The van der Waals surface area contributed by atoms with Crippen molar-refractivity contribution in [1.29, 1.82) is 0 Å². The Morgan fingerprint density at radius 3 is 2.51 bits per heavy atom. The number of amides is 2. The van der Waals surface area contributed by atoms with Crippen molar-refractivity contribution in [3.05, 3.63) is 83.7 Å².